The van der Waals surface area contributed by atoms with E-state index in [9.17, 15) is 10.2 Å². The number of oxime groups is 1. The van der Waals surface area contributed by atoms with Crippen molar-refractivity contribution in [2.45, 2.75) is 75.7 Å². The van der Waals surface area contributed by atoms with E-state index >= 15 is 0 Å². The molecule has 0 aromatic heterocycles. The van der Waals surface area contributed by atoms with Crippen molar-refractivity contribution in [1.29, 1.82) is 0 Å². The number of allylic oxidation sites excluding steroid dienone is 1. The van der Waals surface area contributed by atoms with Crippen LogP contribution in [0.4, 0.5) is 0 Å². The minimum atomic E-state index is -0.892. The van der Waals surface area contributed by atoms with Gasteiger partial charge in [-0.25, -0.2) is 0 Å². The van der Waals surface area contributed by atoms with Gasteiger partial charge in [0.15, 0.2) is 0 Å². The molecule has 2 fully saturated rings. The third kappa shape index (κ3) is 7.33. The maximum absolute atomic E-state index is 9.73. The number of rotatable bonds is 19. The number of hydrogen-bond acceptors (Lipinski definition) is 9. The van der Waals surface area contributed by atoms with Crippen molar-refractivity contribution in [3.63, 3.8) is 0 Å². The Bertz CT molecular complexity index is 1160. The number of unbranched alkanes of at least 4 members (excludes halogenated alkanes) is 2. The highest BCUT2D eigenvalue weighted by Gasteiger charge is 2.63. The summed E-state index contributed by atoms with van der Waals surface area (Å²) in [4.78, 5) is 8.10. The highest BCUT2D eigenvalue weighted by molar-refractivity contribution is 8.00. The average Bonchev–Trinajstić information content (AvgIpc) is 3.86. The second-order valence-corrected chi connectivity index (χ2v) is 13.8. The van der Waals surface area contributed by atoms with Crippen molar-refractivity contribution in [1.82, 2.24) is 4.90 Å². The molecular formula is C35H52N2O6S. The van der Waals surface area contributed by atoms with Crippen LogP contribution in [0.25, 0.3) is 0 Å². The Labute approximate surface area is 267 Å². The quantitative estimate of drug-likeness (QED) is 0.0862. The van der Waals surface area contributed by atoms with Gasteiger partial charge in [-0.05, 0) is 74.0 Å². The van der Waals surface area contributed by atoms with E-state index in [0.717, 1.165) is 81.1 Å². The van der Waals surface area contributed by atoms with Crippen LogP contribution in [0.5, 0.6) is 11.5 Å². The van der Waals surface area contributed by atoms with E-state index < -0.39 is 5.79 Å². The molecule has 244 valence electrons. The minimum Gasteiger partial charge on any atom is -0.492 e. The number of hydrogen-bond donors (Lipinski definition) is 2. The summed E-state index contributed by atoms with van der Waals surface area (Å²) in [6, 6.07) is 6.33. The first-order valence-electron chi connectivity index (χ1n) is 16.8. The molecule has 4 aliphatic rings. The largest absolute Gasteiger partial charge is 0.492 e. The Morgan fingerprint density at radius 1 is 1.14 bits per heavy atom. The molecule has 9 heteroatoms. The van der Waals surface area contributed by atoms with Gasteiger partial charge in [-0.15, -0.1) is 6.58 Å². The van der Waals surface area contributed by atoms with Crippen LogP contribution < -0.4 is 9.47 Å². The maximum atomic E-state index is 9.73. The van der Waals surface area contributed by atoms with Crippen LogP contribution in [0.3, 0.4) is 0 Å². The number of thioether (sulfide) groups is 1. The molecule has 2 N–H and O–H groups in total. The standard InChI is InChI=1S/C35H52N2O6S/c1-4-20-41-35-32(44-6-3)24-30(36-42-5-2)28-22-25(11-7-9-18-38)27(12-8-10-19-39)33(34(28)35)29-23-26(13-14-31(29)43-35)40-21-17-37-15-16-37/h4,13-14,22-23,25,27,32-34,38-39H,1,5-12,15-21,24H2,2-3H3/t25-,27+,32-,33+,34+,35+/m0/s1. The van der Waals surface area contributed by atoms with E-state index in [1.165, 1.54) is 11.1 Å². The van der Waals surface area contributed by atoms with Crippen LogP contribution in [0.1, 0.15) is 70.3 Å². The van der Waals surface area contributed by atoms with Gasteiger partial charge in [0, 0.05) is 50.8 Å². The molecule has 6 atom stereocenters. The van der Waals surface area contributed by atoms with Crippen LogP contribution in [0.2, 0.25) is 0 Å². The summed E-state index contributed by atoms with van der Waals surface area (Å²) in [6.07, 6.45) is 10.4. The van der Waals surface area contributed by atoms with Crippen LogP contribution in [-0.2, 0) is 9.57 Å². The fourth-order valence-corrected chi connectivity index (χ4v) is 8.67. The predicted octanol–water partition coefficient (Wildman–Crippen LogP) is 5.79. The summed E-state index contributed by atoms with van der Waals surface area (Å²) in [5, 5.41) is 24.1. The van der Waals surface area contributed by atoms with Gasteiger partial charge in [-0.1, -0.05) is 37.1 Å². The van der Waals surface area contributed by atoms with Gasteiger partial charge in [-0.3, -0.25) is 4.90 Å². The SMILES string of the molecule is C=CCO[C@@]12Oc3ccc(OCCN4CC4)cc3[C@H]3[C@H](CCCCO)[C@@H](CCCCO)C=C(C(=NOCC)C[C@@H]1SCC)[C@H]32. The zero-order valence-corrected chi connectivity index (χ0v) is 27.4. The minimum absolute atomic E-state index is 0.0111. The number of benzene rings is 1. The molecule has 2 heterocycles. The van der Waals surface area contributed by atoms with Crippen molar-refractivity contribution in [2.75, 3.05) is 58.4 Å². The van der Waals surface area contributed by atoms with E-state index in [4.69, 9.17) is 24.2 Å². The Kier molecular flexibility index (Phi) is 12.1. The lowest BCUT2D eigenvalue weighted by Gasteiger charge is -2.58. The molecule has 0 spiro atoms. The van der Waals surface area contributed by atoms with Crippen LogP contribution in [-0.4, -0.2) is 90.3 Å². The lowest BCUT2D eigenvalue weighted by Crippen LogP contribution is -2.64. The van der Waals surface area contributed by atoms with E-state index in [-0.39, 0.29) is 36.2 Å². The van der Waals surface area contributed by atoms with Crippen molar-refractivity contribution in [3.05, 3.63) is 48.1 Å². The molecule has 5 rings (SSSR count). The van der Waals surface area contributed by atoms with Crippen molar-refractivity contribution in [3.8, 4) is 11.5 Å². The smallest absolute Gasteiger partial charge is 0.230 e. The lowest BCUT2D eigenvalue weighted by atomic mass is 9.56. The molecule has 0 bridgehead atoms. The summed E-state index contributed by atoms with van der Waals surface area (Å²) in [7, 11) is 0. The van der Waals surface area contributed by atoms with Crippen molar-refractivity contribution in [2.24, 2.45) is 22.9 Å². The first-order chi connectivity index (χ1) is 21.6. The maximum Gasteiger partial charge on any atom is 0.230 e. The van der Waals surface area contributed by atoms with Gasteiger partial charge in [0.2, 0.25) is 5.79 Å². The van der Waals surface area contributed by atoms with Crippen molar-refractivity contribution < 1.29 is 29.3 Å². The Morgan fingerprint density at radius 3 is 2.64 bits per heavy atom. The van der Waals surface area contributed by atoms with E-state index in [0.29, 0.717) is 32.2 Å². The molecule has 1 aromatic rings. The zero-order chi connectivity index (χ0) is 30.9. The molecule has 44 heavy (non-hydrogen) atoms. The van der Waals surface area contributed by atoms with Crippen LogP contribution >= 0.6 is 11.8 Å². The second kappa shape index (κ2) is 16.0. The van der Waals surface area contributed by atoms with E-state index in [2.05, 4.69) is 36.6 Å². The van der Waals surface area contributed by atoms with Gasteiger partial charge in [0.25, 0.3) is 0 Å². The molecule has 1 saturated heterocycles. The van der Waals surface area contributed by atoms with Gasteiger partial charge in [-0.2, -0.15) is 11.8 Å². The first kappa shape index (κ1) is 33.3. The molecule has 1 saturated carbocycles. The molecule has 0 unspecified atom stereocenters. The molecule has 2 aliphatic heterocycles. The lowest BCUT2D eigenvalue weighted by molar-refractivity contribution is -0.223. The number of ether oxygens (including phenoxy) is 3. The summed E-state index contributed by atoms with van der Waals surface area (Å²) >= 11 is 1.86. The molecule has 0 radical (unpaired) electrons. The predicted molar refractivity (Wildman–Crippen MR) is 177 cm³/mol. The second-order valence-electron chi connectivity index (χ2n) is 12.3. The normalized spacial score (nSPS) is 29.8. The fourth-order valence-electron chi connectivity index (χ4n) is 7.50. The summed E-state index contributed by atoms with van der Waals surface area (Å²) in [5.74, 6) is 2.36. The van der Waals surface area contributed by atoms with Gasteiger partial charge in [0.1, 0.15) is 24.7 Å². The monoisotopic (exact) mass is 628 g/mol. The van der Waals surface area contributed by atoms with Crippen LogP contribution in [0.15, 0.2) is 47.7 Å². The Morgan fingerprint density at radius 2 is 1.93 bits per heavy atom. The van der Waals surface area contributed by atoms with Gasteiger partial charge < -0.3 is 29.3 Å². The van der Waals surface area contributed by atoms with Crippen LogP contribution in [0, 0.1) is 17.8 Å². The number of fused-ring (bicyclic) bond motifs is 2. The van der Waals surface area contributed by atoms with Gasteiger partial charge >= 0.3 is 0 Å². The topological polar surface area (TPSA) is 92.8 Å². The van der Waals surface area contributed by atoms with Gasteiger partial charge in [0.05, 0.1) is 23.5 Å². The number of aliphatic hydroxyl groups excluding tert-OH is 2. The highest BCUT2D eigenvalue weighted by Crippen LogP contribution is 2.62. The number of nitrogens with zero attached hydrogens (tertiary/aromatic N) is 2. The van der Waals surface area contributed by atoms with E-state index in [1.807, 2.05) is 30.8 Å². The molecular weight excluding hydrogens is 576 g/mol. The third-order valence-electron chi connectivity index (χ3n) is 9.51. The molecule has 8 nitrogen and oxygen atoms in total. The summed E-state index contributed by atoms with van der Waals surface area (Å²) < 4.78 is 20.3. The summed E-state index contributed by atoms with van der Waals surface area (Å²) in [6.45, 7) is 13.3. The average molecular weight is 629 g/mol. The molecule has 1 aromatic carbocycles. The number of aliphatic hydroxyl groups is 2. The highest BCUT2D eigenvalue weighted by atomic mass is 32.2. The first-order valence-corrected chi connectivity index (χ1v) is 17.8. The Hall–Kier alpha value is -2.04. The van der Waals surface area contributed by atoms with E-state index in [1.54, 1.807) is 0 Å². The third-order valence-corrected chi connectivity index (χ3v) is 10.7. The van der Waals surface area contributed by atoms with Crippen molar-refractivity contribution >= 4 is 17.5 Å². The zero-order valence-electron chi connectivity index (χ0n) is 26.6. The fraction of sp³-hybridized carbons (Fsp3) is 0.686. The summed E-state index contributed by atoms with van der Waals surface area (Å²) in [5.41, 5.74) is 3.33. The Balaban J connectivity index is 1.65. The molecule has 0 amide bonds. The molecule has 2 aliphatic carbocycles.